The molecule has 0 bridgehead atoms. The third-order valence-electron chi connectivity index (χ3n) is 6.29. The van der Waals surface area contributed by atoms with Gasteiger partial charge in [-0.2, -0.15) is 0 Å². The van der Waals surface area contributed by atoms with Crippen molar-refractivity contribution in [1.82, 2.24) is 29.7 Å². The van der Waals surface area contributed by atoms with E-state index in [1.807, 2.05) is 19.9 Å². The highest BCUT2D eigenvalue weighted by atomic mass is 32.2. The lowest BCUT2D eigenvalue weighted by molar-refractivity contribution is 0.0949. The molecule has 214 valence electrons. The first-order valence-corrected chi connectivity index (χ1v) is 14.1. The molecule has 1 aliphatic carbocycles. The van der Waals surface area contributed by atoms with Gasteiger partial charge >= 0.3 is 0 Å². The van der Waals surface area contributed by atoms with Crippen LogP contribution in [0.4, 0.5) is 5.95 Å². The van der Waals surface area contributed by atoms with Gasteiger partial charge in [-0.3, -0.25) is 9.29 Å². The van der Waals surface area contributed by atoms with Gasteiger partial charge < -0.3 is 18.9 Å². The molecule has 1 aliphatic rings. The van der Waals surface area contributed by atoms with Crippen LogP contribution in [-0.4, -0.2) is 77.4 Å². The number of pyridine rings is 1. The number of rotatable bonds is 12. The highest BCUT2D eigenvalue weighted by Crippen LogP contribution is 2.34. The molecule has 3 atom stereocenters. The van der Waals surface area contributed by atoms with E-state index in [0.717, 1.165) is 5.56 Å². The van der Waals surface area contributed by atoms with Gasteiger partial charge in [-0.25, -0.2) is 23.4 Å². The molecular formula is C26H33N7O6S. The third-order valence-corrected chi connectivity index (χ3v) is 7.98. The topological polar surface area (TPSA) is 152 Å². The summed E-state index contributed by atoms with van der Waals surface area (Å²) < 4.78 is 54.1. The predicted molar refractivity (Wildman–Crippen MR) is 148 cm³/mol. The number of ether oxygens (including phenoxy) is 4. The highest BCUT2D eigenvalue weighted by Gasteiger charge is 2.36. The van der Waals surface area contributed by atoms with E-state index in [-0.39, 0.29) is 17.6 Å². The Hall–Kier alpha value is -3.88. The first-order chi connectivity index (χ1) is 19.2. The first-order valence-electron chi connectivity index (χ1n) is 12.6. The van der Waals surface area contributed by atoms with Crippen LogP contribution >= 0.6 is 0 Å². The molecule has 0 radical (unpaired) electrons. The number of aromatic nitrogens is 6. The van der Waals surface area contributed by atoms with Crippen molar-refractivity contribution in [3.05, 3.63) is 59.9 Å². The number of anilines is 1. The Morgan fingerprint density at radius 2 is 1.88 bits per heavy atom. The minimum absolute atomic E-state index is 0.0734. The summed E-state index contributed by atoms with van der Waals surface area (Å²) in [5.74, 6) is 1.25. The standard InChI is InChI=1S/C26H33N7O6S/c1-7-39-20-12-9-11-19(36-4)22(20)33-25(18-10-8-13-21(29-18)37-5)30-31-26(33)32-40(34,35)17(3)23(38-6)24-27-14-16(2)15-28-24/h8-11,13-15,17,20,23H,7,12H2,1-6H3,(H,31,32)/t17-,20?,23-/m0/s1. The summed E-state index contributed by atoms with van der Waals surface area (Å²) in [4.78, 5) is 13.0. The number of hydrogen-bond acceptors (Lipinski definition) is 11. The fourth-order valence-corrected chi connectivity index (χ4v) is 5.40. The lowest BCUT2D eigenvalue weighted by Crippen LogP contribution is -2.34. The van der Waals surface area contributed by atoms with E-state index in [9.17, 15) is 8.42 Å². The van der Waals surface area contributed by atoms with Crippen LogP contribution in [0.5, 0.6) is 5.88 Å². The van der Waals surface area contributed by atoms with E-state index in [4.69, 9.17) is 18.9 Å². The molecule has 40 heavy (non-hydrogen) atoms. The molecule has 0 spiro atoms. The molecule has 1 N–H and O–H groups in total. The summed E-state index contributed by atoms with van der Waals surface area (Å²) in [6, 6.07) is 5.17. The quantitative estimate of drug-likeness (QED) is 0.341. The minimum Gasteiger partial charge on any atom is -0.495 e. The molecule has 0 fully saturated rings. The van der Waals surface area contributed by atoms with Crippen LogP contribution in [0.15, 0.2) is 48.5 Å². The number of allylic oxidation sites excluding steroid dienone is 1. The van der Waals surface area contributed by atoms with Crippen molar-refractivity contribution in [2.45, 2.75) is 44.6 Å². The molecule has 14 heteroatoms. The van der Waals surface area contributed by atoms with Crippen LogP contribution < -0.4 is 9.46 Å². The van der Waals surface area contributed by atoms with Gasteiger partial charge in [-0.15, -0.1) is 10.2 Å². The average Bonchev–Trinajstić information content (AvgIpc) is 3.36. The van der Waals surface area contributed by atoms with Crippen molar-refractivity contribution in [2.24, 2.45) is 0 Å². The molecule has 4 rings (SSSR count). The number of aryl methyl sites for hydroxylation is 1. The van der Waals surface area contributed by atoms with Crippen molar-refractivity contribution in [3.63, 3.8) is 0 Å². The number of nitrogens with zero attached hydrogens (tertiary/aromatic N) is 6. The zero-order valence-electron chi connectivity index (χ0n) is 23.2. The maximum atomic E-state index is 13.7. The largest absolute Gasteiger partial charge is 0.495 e. The fraction of sp³-hybridized carbons (Fsp3) is 0.423. The van der Waals surface area contributed by atoms with E-state index in [1.54, 1.807) is 41.2 Å². The van der Waals surface area contributed by atoms with Crippen molar-refractivity contribution >= 4 is 21.7 Å². The van der Waals surface area contributed by atoms with Crippen LogP contribution in [0.25, 0.3) is 17.2 Å². The zero-order chi connectivity index (χ0) is 28.9. The Morgan fingerprint density at radius 1 is 1.12 bits per heavy atom. The highest BCUT2D eigenvalue weighted by molar-refractivity contribution is 7.93. The van der Waals surface area contributed by atoms with Gasteiger partial charge in [-0.05, 0) is 44.9 Å². The second-order valence-corrected chi connectivity index (χ2v) is 10.9. The number of hydrogen-bond donors (Lipinski definition) is 1. The monoisotopic (exact) mass is 571 g/mol. The maximum Gasteiger partial charge on any atom is 0.243 e. The molecule has 0 amide bonds. The Morgan fingerprint density at radius 3 is 2.52 bits per heavy atom. The first kappa shape index (κ1) is 29.1. The van der Waals surface area contributed by atoms with Gasteiger partial charge in [0.15, 0.2) is 11.6 Å². The second-order valence-electron chi connectivity index (χ2n) is 8.91. The number of methoxy groups -OCH3 is 3. The van der Waals surface area contributed by atoms with Crippen molar-refractivity contribution in [2.75, 3.05) is 32.7 Å². The lowest BCUT2D eigenvalue weighted by Gasteiger charge is -2.27. The van der Waals surface area contributed by atoms with Gasteiger partial charge in [0, 0.05) is 32.2 Å². The van der Waals surface area contributed by atoms with Gasteiger partial charge in [0.25, 0.3) is 0 Å². The van der Waals surface area contributed by atoms with E-state index in [1.165, 1.54) is 28.3 Å². The molecule has 3 aromatic heterocycles. The summed E-state index contributed by atoms with van der Waals surface area (Å²) in [6.07, 6.45) is 6.04. The molecular weight excluding hydrogens is 538 g/mol. The Bertz CT molecular complexity index is 1490. The Labute approximate surface area is 233 Å². The van der Waals surface area contributed by atoms with Crippen LogP contribution in [0, 0.1) is 6.92 Å². The van der Waals surface area contributed by atoms with Crippen molar-refractivity contribution in [1.29, 1.82) is 0 Å². The summed E-state index contributed by atoms with van der Waals surface area (Å²) in [5.41, 5.74) is 1.76. The molecule has 1 unspecified atom stereocenters. The van der Waals surface area contributed by atoms with Crippen molar-refractivity contribution < 1.29 is 27.4 Å². The minimum atomic E-state index is -4.13. The van der Waals surface area contributed by atoms with Gasteiger partial charge in [0.2, 0.25) is 21.9 Å². The summed E-state index contributed by atoms with van der Waals surface area (Å²) in [5, 5.41) is 7.44. The average molecular weight is 572 g/mol. The third kappa shape index (κ3) is 5.98. The fourth-order valence-electron chi connectivity index (χ4n) is 4.27. The summed E-state index contributed by atoms with van der Waals surface area (Å²) in [6.45, 7) is 5.64. The van der Waals surface area contributed by atoms with Gasteiger partial charge in [-0.1, -0.05) is 12.1 Å². The predicted octanol–water partition coefficient (Wildman–Crippen LogP) is 3.15. The van der Waals surface area contributed by atoms with Gasteiger partial charge in [0.1, 0.15) is 28.9 Å². The van der Waals surface area contributed by atoms with Crippen molar-refractivity contribution in [3.8, 4) is 17.4 Å². The summed E-state index contributed by atoms with van der Waals surface area (Å²) in [7, 11) is 0.314. The number of sulfonamides is 1. The van der Waals surface area contributed by atoms with Crippen LogP contribution in [0.3, 0.4) is 0 Å². The molecule has 0 aromatic carbocycles. The van der Waals surface area contributed by atoms with Crippen LogP contribution in [0.2, 0.25) is 0 Å². The van der Waals surface area contributed by atoms with Crippen LogP contribution in [-0.2, 0) is 24.2 Å². The van der Waals surface area contributed by atoms with E-state index in [2.05, 4.69) is 29.9 Å². The SMILES string of the molecule is CCOC1CC=CC(OC)=C1n1c(NS(=O)(=O)[C@@H](C)[C@H](OC)c2ncc(C)cn2)nnc1-c1cccc(OC)n1. The molecule has 0 aliphatic heterocycles. The Balaban J connectivity index is 1.84. The Kier molecular flexibility index (Phi) is 9.12. The molecule has 0 saturated heterocycles. The van der Waals surface area contributed by atoms with E-state index >= 15 is 0 Å². The van der Waals surface area contributed by atoms with E-state index in [0.29, 0.717) is 36.1 Å². The molecule has 3 aromatic rings. The number of nitrogens with one attached hydrogen (secondary N) is 1. The lowest BCUT2D eigenvalue weighted by atomic mass is 10.1. The van der Waals surface area contributed by atoms with Gasteiger partial charge in [0.05, 0.1) is 19.9 Å². The normalized spacial score (nSPS) is 17.0. The maximum absolute atomic E-state index is 13.7. The summed E-state index contributed by atoms with van der Waals surface area (Å²) >= 11 is 0. The molecule has 3 heterocycles. The van der Waals surface area contributed by atoms with E-state index < -0.39 is 27.5 Å². The second kappa shape index (κ2) is 12.5. The molecule has 0 saturated carbocycles. The smallest absolute Gasteiger partial charge is 0.243 e. The zero-order valence-corrected chi connectivity index (χ0v) is 24.0. The molecule has 13 nitrogen and oxygen atoms in total. The van der Waals surface area contributed by atoms with Crippen LogP contribution in [0.1, 0.15) is 37.8 Å².